The topological polar surface area (TPSA) is 78.9 Å². The summed E-state index contributed by atoms with van der Waals surface area (Å²) in [7, 11) is 0. The van der Waals surface area contributed by atoms with Gasteiger partial charge in [0.05, 0.1) is 18.4 Å². The van der Waals surface area contributed by atoms with E-state index in [9.17, 15) is 0 Å². The number of aryl methyl sites for hydroxylation is 1. The molecule has 0 aromatic carbocycles. The van der Waals surface area contributed by atoms with Crippen LogP contribution >= 0.6 is 0 Å². The zero-order chi connectivity index (χ0) is 11.4. The van der Waals surface area contributed by atoms with Gasteiger partial charge >= 0.3 is 6.01 Å². The number of nitrogen functional groups attached to an aromatic ring is 1. The highest BCUT2D eigenvalue weighted by atomic mass is 16.5. The van der Waals surface area contributed by atoms with Gasteiger partial charge in [-0.25, -0.2) is 9.97 Å². The summed E-state index contributed by atoms with van der Waals surface area (Å²) in [4.78, 5) is 8.05. The maximum absolute atomic E-state index is 5.53. The van der Waals surface area contributed by atoms with E-state index in [1.54, 1.807) is 29.5 Å². The van der Waals surface area contributed by atoms with Gasteiger partial charge in [-0.1, -0.05) is 0 Å². The molecule has 0 aliphatic heterocycles. The molecule has 2 heterocycles. The number of hydrogen-bond donors (Lipinski definition) is 1. The first-order valence-electron chi connectivity index (χ1n) is 4.93. The van der Waals surface area contributed by atoms with E-state index in [0.29, 0.717) is 24.8 Å². The molecular weight excluding hydrogens is 206 g/mol. The van der Waals surface area contributed by atoms with Gasteiger partial charge in [0, 0.05) is 18.6 Å². The van der Waals surface area contributed by atoms with Crippen LogP contribution in [0.2, 0.25) is 0 Å². The smallest absolute Gasteiger partial charge is 0.316 e. The number of anilines is 1. The highest BCUT2D eigenvalue weighted by Crippen LogP contribution is 2.02. The van der Waals surface area contributed by atoms with Crippen LogP contribution in [-0.4, -0.2) is 26.4 Å². The average Bonchev–Trinajstić information content (AvgIpc) is 2.67. The molecule has 2 aromatic heterocycles. The Morgan fingerprint density at radius 1 is 1.31 bits per heavy atom. The first-order chi connectivity index (χ1) is 7.74. The monoisotopic (exact) mass is 219 g/mol. The SMILES string of the molecule is Cc1cnc(OCCn2cc(N)cn2)nc1. The summed E-state index contributed by atoms with van der Waals surface area (Å²) in [5, 5.41) is 4.03. The molecule has 0 fully saturated rings. The van der Waals surface area contributed by atoms with Gasteiger partial charge in [-0.3, -0.25) is 4.68 Å². The van der Waals surface area contributed by atoms with Gasteiger partial charge in [0.1, 0.15) is 6.61 Å². The summed E-state index contributed by atoms with van der Waals surface area (Å²) in [5.41, 5.74) is 7.18. The van der Waals surface area contributed by atoms with Crippen LogP contribution in [0.3, 0.4) is 0 Å². The first-order valence-corrected chi connectivity index (χ1v) is 4.93. The van der Waals surface area contributed by atoms with Crippen molar-refractivity contribution in [1.29, 1.82) is 0 Å². The number of nitrogens with zero attached hydrogens (tertiary/aromatic N) is 4. The molecule has 2 N–H and O–H groups in total. The summed E-state index contributed by atoms with van der Waals surface area (Å²) >= 11 is 0. The predicted molar refractivity (Wildman–Crippen MR) is 58.9 cm³/mol. The van der Waals surface area contributed by atoms with Crippen LogP contribution in [0.25, 0.3) is 0 Å². The Morgan fingerprint density at radius 3 is 2.69 bits per heavy atom. The second-order valence-corrected chi connectivity index (χ2v) is 3.43. The Hall–Kier alpha value is -2.11. The van der Waals surface area contributed by atoms with Gasteiger partial charge in [-0.2, -0.15) is 5.10 Å². The minimum atomic E-state index is 0.380. The molecule has 2 rings (SSSR count). The second kappa shape index (κ2) is 4.61. The Balaban J connectivity index is 1.82. The van der Waals surface area contributed by atoms with Crippen molar-refractivity contribution in [2.75, 3.05) is 12.3 Å². The van der Waals surface area contributed by atoms with E-state index < -0.39 is 0 Å². The summed E-state index contributed by atoms with van der Waals surface area (Å²) in [5.74, 6) is 0. The van der Waals surface area contributed by atoms with Crippen LogP contribution in [-0.2, 0) is 6.54 Å². The van der Waals surface area contributed by atoms with E-state index in [-0.39, 0.29) is 0 Å². The Kier molecular flexibility index (Phi) is 3.00. The fourth-order valence-corrected chi connectivity index (χ4v) is 1.19. The molecule has 0 aliphatic rings. The molecule has 0 aliphatic carbocycles. The number of ether oxygens (including phenoxy) is 1. The lowest BCUT2D eigenvalue weighted by Crippen LogP contribution is -2.09. The number of aromatic nitrogens is 4. The van der Waals surface area contributed by atoms with E-state index in [2.05, 4.69) is 15.1 Å². The van der Waals surface area contributed by atoms with Crippen molar-refractivity contribution in [3.05, 3.63) is 30.4 Å². The van der Waals surface area contributed by atoms with E-state index in [1.165, 1.54) is 0 Å². The minimum absolute atomic E-state index is 0.380. The molecule has 6 nitrogen and oxygen atoms in total. The van der Waals surface area contributed by atoms with E-state index in [4.69, 9.17) is 10.5 Å². The lowest BCUT2D eigenvalue weighted by Gasteiger charge is -2.03. The second-order valence-electron chi connectivity index (χ2n) is 3.43. The molecule has 0 saturated carbocycles. The van der Waals surface area contributed by atoms with Crippen LogP contribution in [0.15, 0.2) is 24.8 Å². The quantitative estimate of drug-likeness (QED) is 0.816. The van der Waals surface area contributed by atoms with Gasteiger partial charge in [-0.15, -0.1) is 0 Å². The van der Waals surface area contributed by atoms with Crippen LogP contribution < -0.4 is 10.5 Å². The highest BCUT2D eigenvalue weighted by molar-refractivity contribution is 5.30. The standard InChI is InChI=1S/C10H13N5O/c1-8-4-12-10(13-5-8)16-3-2-15-7-9(11)6-14-15/h4-7H,2-3,11H2,1H3. The van der Waals surface area contributed by atoms with E-state index in [1.807, 2.05) is 6.92 Å². The summed E-state index contributed by atoms with van der Waals surface area (Å²) < 4.78 is 7.06. The normalized spacial score (nSPS) is 10.3. The molecule has 84 valence electrons. The van der Waals surface area contributed by atoms with Gasteiger partial charge in [0.15, 0.2) is 0 Å². The molecule has 0 saturated heterocycles. The molecule has 0 bridgehead atoms. The fraction of sp³-hybridized carbons (Fsp3) is 0.300. The Morgan fingerprint density at radius 2 is 2.06 bits per heavy atom. The summed E-state index contributed by atoms with van der Waals surface area (Å²) in [6.07, 6.45) is 6.78. The molecule has 0 atom stereocenters. The summed E-state index contributed by atoms with van der Waals surface area (Å²) in [6, 6.07) is 0.380. The third-order valence-electron chi connectivity index (χ3n) is 1.96. The first kappa shape index (κ1) is 10.4. The van der Waals surface area contributed by atoms with Crippen LogP contribution in [0.4, 0.5) is 5.69 Å². The maximum atomic E-state index is 5.53. The van der Waals surface area contributed by atoms with Gasteiger partial charge < -0.3 is 10.5 Å². The van der Waals surface area contributed by atoms with E-state index >= 15 is 0 Å². The van der Waals surface area contributed by atoms with Crippen LogP contribution in [0.5, 0.6) is 6.01 Å². The zero-order valence-electron chi connectivity index (χ0n) is 9.00. The highest BCUT2D eigenvalue weighted by Gasteiger charge is 1.98. The number of nitrogens with two attached hydrogens (primary N) is 1. The summed E-state index contributed by atoms with van der Waals surface area (Å²) in [6.45, 7) is 3.01. The molecule has 0 unspecified atom stereocenters. The van der Waals surface area contributed by atoms with Gasteiger partial charge in [0.25, 0.3) is 0 Å². The maximum Gasteiger partial charge on any atom is 0.316 e. The number of hydrogen-bond acceptors (Lipinski definition) is 5. The van der Waals surface area contributed by atoms with Gasteiger partial charge in [-0.05, 0) is 12.5 Å². The lowest BCUT2D eigenvalue weighted by molar-refractivity contribution is 0.269. The molecule has 0 radical (unpaired) electrons. The van der Waals surface area contributed by atoms with Crippen molar-refractivity contribution >= 4 is 5.69 Å². The van der Waals surface area contributed by atoms with Crippen LogP contribution in [0, 0.1) is 6.92 Å². The van der Waals surface area contributed by atoms with Crippen molar-refractivity contribution < 1.29 is 4.74 Å². The Labute approximate surface area is 93.1 Å². The molecule has 2 aromatic rings. The van der Waals surface area contributed by atoms with Crippen molar-refractivity contribution in [3.8, 4) is 6.01 Å². The molecule has 0 spiro atoms. The number of rotatable bonds is 4. The van der Waals surface area contributed by atoms with Crippen molar-refractivity contribution in [2.24, 2.45) is 0 Å². The van der Waals surface area contributed by atoms with Crippen molar-refractivity contribution in [1.82, 2.24) is 19.7 Å². The fourth-order valence-electron chi connectivity index (χ4n) is 1.19. The van der Waals surface area contributed by atoms with Gasteiger partial charge in [0.2, 0.25) is 0 Å². The minimum Gasteiger partial charge on any atom is -0.461 e. The molecule has 16 heavy (non-hydrogen) atoms. The van der Waals surface area contributed by atoms with Crippen molar-refractivity contribution in [3.63, 3.8) is 0 Å². The predicted octanol–water partition coefficient (Wildman–Crippen LogP) is 0.643. The average molecular weight is 219 g/mol. The molecule has 6 heteroatoms. The third kappa shape index (κ3) is 2.69. The lowest BCUT2D eigenvalue weighted by atomic mass is 10.4. The Bertz CT molecular complexity index is 450. The zero-order valence-corrected chi connectivity index (χ0v) is 9.00. The van der Waals surface area contributed by atoms with E-state index in [0.717, 1.165) is 5.56 Å². The largest absolute Gasteiger partial charge is 0.461 e. The molecule has 0 amide bonds. The molecular formula is C10H13N5O. The van der Waals surface area contributed by atoms with Crippen molar-refractivity contribution in [2.45, 2.75) is 13.5 Å². The third-order valence-corrected chi connectivity index (χ3v) is 1.96. The van der Waals surface area contributed by atoms with Crippen LogP contribution in [0.1, 0.15) is 5.56 Å².